The van der Waals surface area contributed by atoms with Gasteiger partial charge in [-0.2, -0.15) is 13.2 Å². The molecule has 0 saturated carbocycles. The second kappa shape index (κ2) is 10.8. The molecule has 4 aromatic rings. The van der Waals surface area contributed by atoms with E-state index in [0.29, 0.717) is 12.2 Å². The highest BCUT2D eigenvalue weighted by molar-refractivity contribution is 7.92. The second-order valence-electron chi connectivity index (χ2n) is 7.82. The van der Waals surface area contributed by atoms with Crippen LogP contribution in [0.2, 0.25) is 0 Å². The molecule has 0 radical (unpaired) electrons. The van der Waals surface area contributed by atoms with Crippen LogP contribution in [0.5, 0.6) is 0 Å². The number of carbonyl (C=O) groups is 1. The monoisotopic (exact) mass is 520 g/mol. The Hall–Kier alpha value is -3.90. The Morgan fingerprint density at radius 3 is 2.39 bits per heavy atom. The number of fused-ring (bicyclic) bond motifs is 1. The highest BCUT2D eigenvalue weighted by Crippen LogP contribution is 2.32. The molecule has 0 saturated heterocycles. The molecule has 2 aromatic carbocycles. The molecule has 5 N–H and O–H groups in total. The van der Waals surface area contributed by atoms with Crippen LogP contribution >= 0.6 is 0 Å². The first-order valence-corrected chi connectivity index (χ1v) is 12.4. The fourth-order valence-corrected chi connectivity index (χ4v) is 3.99. The number of alkyl halides is 3. The number of pyridine rings is 1. The summed E-state index contributed by atoms with van der Waals surface area (Å²) in [5, 5.41) is 8.13. The van der Waals surface area contributed by atoms with Crippen LogP contribution in [0, 0.1) is 0 Å². The van der Waals surface area contributed by atoms with E-state index in [-0.39, 0.29) is 0 Å². The van der Waals surface area contributed by atoms with Crippen LogP contribution in [-0.2, 0) is 21.2 Å². The van der Waals surface area contributed by atoms with Crippen molar-refractivity contribution in [3.63, 3.8) is 0 Å². The van der Waals surface area contributed by atoms with Crippen LogP contribution in [0.25, 0.3) is 33.3 Å². The molecule has 2 heterocycles. The number of benzene rings is 2. The lowest BCUT2D eigenvalue weighted by atomic mass is 10.00. The zero-order valence-corrected chi connectivity index (χ0v) is 19.8. The first kappa shape index (κ1) is 26.7. The van der Waals surface area contributed by atoms with Crippen LogP contribution in [0.1, 0.15) is 5.56 Å². The Morgan fingerprint density at radius 2 is 1.75 bits per heavy atom. The van der Waals surface area contributed by atoms with Gasteiger partial charge in [0.1, 0.15) is 5.65 Å². The van der Waals surface area contributed by atoms with E-state index in [4.69, 9.17) is 15.6 Å². The lowest BCUT2D eigenvalue weighted by Gasteiger charge is -2.08. The van der Waals surface area contributed by atoms with Gasteiger partial charge in [0.05, 0.1) is 6.26 Å². The van der Waals surface area contributed by atoms with Gasteiger partial charge in [0.25, 0.3) is 0 Å². The SMILES string of the molecule is CS(=O)(=O)Nc1cccc(-c2cnc3[nH]cc(-c4cccc(CCN)c4)c3c2)c1.O=C(O)C(F)(F)F. The zero-order valence-electron chi connectivity index (χ0n) is 19.0. The number of carboxylic acid groups (broad SMARTS) is 1. The first-order valence-electron chi connectivity index (χ1n) is 10.5. The van der Waals surface area contributed by atoms with Crippen molar-refractivity contribution in [1.82, 2.24) is 9.97 Å². The van der Waals surface area contributed by atoms with Gasteiger partial charge in [0, 0.05) is 34.6 Å². The molecule has 12 heteroatoms. The number of rotatable bonds is 6. The molecule has 0 atom stereocenters. The topological polar surface area (TPSA) is 138 Å². The van der Waals surface area contributed by atoms with Crippen LogP contribution in [-0.4, -0.2) is 48.4 Å². The van der Waals surface area contributed by atoms with Gasteiger partial charge < -0.3 is 15.8 Å². The van der Waals surface area contributed by atoms with E-state index in [1.54, 1.807) is 18.3 Å². The van der Waals surface area contributed by atoms with Crippen molar-refractivity contribution >= 4 is 32.7 Å². The number of sulfonamides is 1. The third-order valence-electron chi connectivity index (χ3n) is 4.94. The van der Waals surface area contributed by atoms with Crippen molar-refractivity contribution < 1.29 is 31.5 Å². The van der Waals surface area contributed by atoms with E-state index in [1.165, 1.54) is 5.56 Å². The highest BCUT2D eigenvalue weighted by Gasteiger charge is 2.38. The average Bonchev–Trinajstić information content (AvgIpc) is 3.22. The molecule has 0 aliphatic heterocycles. The molecule has 4 rings (SSSR count). The van der Waals surface area contributed by atoms with Crippen molar-refractivity contribution in [1.29, 1.82) is 0 Å². The minimum absolute atomic E-state index is 0.522. The number of halogens is 3. The van der Waals surface area contributed by atoms with E-state index < -0.39 is 22.2 Å². The lowest BCUT2D eigenvalue weighted by Crippen LogP contribution is -2.21. The quantitative estimate of drug-likeness (QED) is 0.297. The maximum Gasteiger partial charge on any atom is 0.490 e. The van der Waals surface area contributed by atoms with Gasteiger partial charge in [-0.25, -0.2) is 18.2 Å². The summed E-state index contributed by atoms with van der Waals surface area (Å²) in [5.41, 5.74) is 12.2. The molecule has 0 aliphatic carbocycles. The molecule has 0 amide bonds. The Labute approximate surface area is 205 Å². The number of nitrogens with two attached hydrogens (primary N) is 1. The average molecular weight is 521 g/mol. The number of nitrogens with one attached hydrogen (secondary N) is 2. The van der Waals surface area contributed by atoms with Crippen molar-refractivity contribution in [3.8, 4) is 22.3 Å². The number of hydrogen-bond donors (Lipinski definition) is 4. The Bertz CT molecular complexity index is 1480. The number of anilines is 1. The van der Waals surface area contributed by atoms with E-state index in [2.05, 4.69) is 39.0 Å². The summed E-state index contributed by atoms with van der Waals surface area (Å²) in [6, 6.07) is 17.7. The lowest BCUT2D eigenvalue weighted by molar-refractivity contribution is -0.192. The number of aliphatic carboxylic acids is 1. The summed E-state index contributed by atoms with van der Waals surface area (Å²) in [5.74, 6) is -2.76. The molecule has 0 bridgehead atoms. The summed E-state index contributed by atoms with van der Waals surface area (Å²) in [4.78, 5) is 16.7. The van der Waals surface area contributed by atoms with Gasteiger partial charge in [-0.3, -0.25) is 4.72 Å². The third kappa shape index (κ3) is 7.06. The maximum absolute atomic E-state index is 11.5. The Kier molecular flexibility index (Phi) is 8.00. The fraction of sp³-hybridized carbons (Fsp3) is 0.167. The molecule has 36 heavy (non-hydrogen) atoms. The molecule has 8 nitrogen and oxygen atoms in total. The molecule has 2 aromatic heterocycles. The molecule has 190 valence electrons. The summed E-state index contributed by atoms with van der Waals surface area (Å²) in [7, 11) is -3.33. The second-order valence-corrected chi connectivity index (χ2v) is 9.57. The molecular formula is C24H23F3N4O4S. The van der Waals surface area contributed by atoms with Gasteiger partial charge in [-0.05, 0) is 47.9 Å². The van der Waals surface area contributed by atoms with E-state index in [1.807, 2.05) is 24.4 Å². The summed E-state index contributed by atoms with van der Waals surface area (Å²) in [6.45, 7) is 0.612. The van der Waals surface area contributed by atoms with Crippen molar-refractivity contribution in [2.45, 2.75) is 12.6 Å². The number of nitrogens with zero attached hydrogens (tertiary/aromatic N) is 1. The molecule has 0 unspecified atom stereocenters. The smallest absolute Gasteiger partial charge is 0.475 e. The van der Waals surface area contributed by atoms with Crippen molar-refractivity contribution in [2.24, 2.45) is 5.73 Å². The third-order valence-corrected chi connectivity index (χ3v) is 5.55. The number of aromatic amines is 1. The Balaban J connectivity index is 0.000000454. The summed E-state index contributed by atoms with van der Waals surface area (Å²) >= 11 is 0. The molecule has 0 spiro atoms. The van der Waals surface area contributed by atoms with Crippen LogP contribution in [0.4, 0.5) is 18.9 Å². The minimum atomic E-state index is -5.08. The maximum atomic E-state index is 11.5. The minimum Gasteiger partial charge on any atom is -0.475 e. The normalized spacial score (nSPS) is 11.6. The number of hydrogen-bond acceptors (Lipinski definition) is 5. The standard InChI is InChI=1S/C22H22N4O2S.C2HF3O2/c1-29(27,28)26-19-7-3-5-16(11-19)18-12-20-21(14-25-22(20)24-13-18)17-6-2-4-15(10-17)8-9-23;3-2(4,5)1(6)7/h2-7,10-14,26H,8-9,23H2,1H3,(H,24,25);(H,6,7). The Morgan fingerprint density at radius 1 is 1.08 bits per heavy atom. The zero-order chi connectivity index (χ0) is 26.5. The van der Waals surface area contributed by atoms with E-state index >= 15 is 0 Å². The van der Waals surface area contributed by atoms with E-state index in [9.17, 15) is 21.6 Å². The molecular weight excluding hydrogens is 497 g/mol. The predicted molar refractivity (Wildman–Crippen MR) is 132 cm³/mol. The fourth-order valence-electron chi connectivity index (χ4n) is 3.44. The first-order chi connectivity index (χ1) is 16.9. The number of H-pyrrole nitrogens is 1. The van der Waals surface area contributed by atoms with Crippen molar-refractivity contribution in [3.05, 3.63) is 72.6 Å². The van der Waals surface area contributed by atoms with Gasteiger partial charge in [0.2, 0.25) is 10.0 Å². The van der Waals surface area contributed by atoms with Crippen molar-refractivity contribution in [2.75, 3.05) is 17.5 Å². The van der Waals surface area contributed by atoms with Gasteiger partial charge >= 0.3 is 12.1 Å². The highest BCUT2D eigenvalue weighted by atomic mass is 32.2. The van der Waals surface area contributed by atoms with Gasteiger partial charge in [-0.1, -0.05) is 36.4 Å². The van der Waals surface area contributed by atoms with Crippen LogP contribution in [0.15, 0.2) is 67.0 Å². The number of carboxylic acids is 1. The largest absolute Gasteiger partial charge is 0.490 e. The predicted octanol–water partition coefficient (Wildman–Crippen LogP) is 4.40. The van der Waals surface area contributed by atoms with Gasteiger partial charge in [0.15, 0.2) is 0 Å². The molecule has 0 fully saturated rings. The van der Waals surface area contributed by atoms with Crippen LogP contribution in [0.3, 0.4) is 0 Å². The van der Waals surface area contributed by atoms with Crippen LogP contribution < -0.4 is 10.5 Å². The molecule has 0 aliphatic rings. The summed E-state index contributed by atoms with van der Waals surface area (Å²) in [6.07, 6.45) is 0.635. The van der Waals surface area contributed by atoms with E-state index in [0.717, 1.165) is 46.0 Å². The van der Waals surface area contributed by atoms with Gasteiger partial charge in [-0.15, -0.1) is 0 Å². The summed E-state index contributed by atoms with van der Waals surface area (Å²) < 4.78 is 57.3. The number of aromatic nitrogens is 2.